The van der Waals surface area contributed by atoms with Gasteiger partial charge in [0.1, 0.15) is 3.70 Å². The van der Waals surface area contributed by atoms with Crippen LogP contribution >= 0.6 is 33.9 Å². The molecule has 0 saturated carbocycles. The van der Waals surface area contributed by atoms with Crippen LogP contribution in [0.1, 0.15) is 0 Å². The van der Waals surface area contributed by atoms with Gasteiger partial charge in [0, 0.05) is 6.26 Å². The maximum absolute atomic E-state index is 11.0. The van der Waals surface area contributed by atoms with Gasteiger partial charge < -0.3 is 0 Å². The molecule has 0 amide bonds. The summed E-state index contributed by atoms with van der Waals surface area (Å²) in [6.45, 7) is 0. The maximum atomic E-state index is 11.0. The SMILES string of the molecule is CS(=O)c1nn2c(I)cnc2s1. The first-order chi connectivity index (χ1) is 5.68. The number of aromatic nitrogens is 3. The van der Waals surface area contributed by atoms with E-state index < -0.39 is 10.8 Å². The lowest BCUT2D eigenvalue weighted by Gasteiger charge is -1.83. The summed E-state index contributed by atoms with van der Waals surface area (Å²) < 4.78 is 14.3. The van der Waals surface area contributed by atoms with Gasteiger partial charge in [0.05, 0.1) is 17.0 Å². The molecule has 2 aromatic heterocycles. The lowest BCUT2D eigenvalue weighted by atomic mass is 11.0. The molecule has 1 unspecified atom stereocenters. The summed E-state index contributed by atoms with van der Waals surface area (Å²) in [5, 5.41) is 4.14. The molecule has 4 nitrogen and oxygen atoms in total. The van der Waals surface area contributed by atoms with E-state index in [2.05, 4.69) is 32.7 Å². The molecule has 2 aromatic rings. The van der Waals surface area contributed by atoms with Crippen LogP contribution in [0.5, 0.6) is 0 Å². The summed E-state index contributed by atoms with van der Waals surface area (Å²) in [6.07, 6.45) is 3.35. The highest BCUT2D eigenvalue weighted by atomic mass is 127. The van der Waals surface area contributed by atoms with Gasteiger partial charge in [0.25, 0.3) is 0 Å². The molecule has 0 bridgehead atoms. The minimum Gasteiger partial charge on any atom is -0.252 e. The molecular weight excluding hydrogens is 309 g/mol. The number of nitrogens with zero attached hydrogens (tertiary/aromatic N) is 3. The molecule has 0 N–H and O–H groups in total. The molecule has 0 aliphatic rings. The van der Waals surface area contributed by atoms with E-state index >= 15 is 0 Å². The number of hydrogen-bond donors (Lipinski definition) is 0. The van der Waals surface area contributed by atoms with E-state index in [0.717, 1.165) is 8.66 Å². The second kappa shape index (κ2) is 3.04. The molecule has 2 heterocycles. The molecule has 1 atom stereocenters. The first-order valence-electron chi connectivity index (χ1n) is 3.02. The van der Waals surface area contributed by atoms with E-state index in [1.807, 2.05) is 0 Å². The van der Waals surface area contributed by atoms with Crippen molar-refractivity contribution in [3.8, 4) is 0 Å². The van der Waals surface area contributed by atoms with Crippen molar-refractivity contribution < 1.29 is 4.21 Å². The number of fused-ring (bicyclic) bond motifs is 1. The largest absolute Gasteiger partial charge is 0.252 e. The van der Waals surface area contributed by atoms with Crippen LogP contribution in [0, 0.1) is 3.70 Å². The van der Waals surface area contributed by atoms with Gasteiger partial charge in [-0.3, -0.25) is 4.21 Å². The van der Waals surface area contributed by atoms with Crippen molar-refractivity contribution in [2.75, 3.05) is 6.26 Å². The van der Waals surface area contributed by atoms with E-state index in [1.165, 1.54) is 11.3 Å². The number of rotatable bonds is 1. The molecule has 0 aromatic carbocycles. The average molecular weight is 313 g/mol. The molecule has 0 aliphatic heterocycles. The van der Waals surface area contributed by atoms with Gasteiger partial charge in [0.15, 0.2) is 0 Å². The van der Waals surface area contributed by atoms with Crippen LogP contribution < -0.4 is 0 Å². The minimum absolute atomic E-state index is 0.621. The topological polar surface area (TPSA) is 47.3 Å². The fraction of sp³-hybridized carbons (Fsp3) is 0.200. The summed E-state index contributed by atoms with van der Waals surface area (Å²) in [5.41, 5.74) is 0. The summed E-state index contributed by atoms with van der Waals surface area (Å²) in [4.78, 5) is 4.89. The third-order valence-electron chi connectivity index (χ3n) is 1.27. The van der Waals surface area contributed by atoms with Gasteiger partial charge in [-0.1, -0.05) is 11.3 Å². The summed E-state index contributed by atoms with van der Waals surface area (Å²) in [7, 11) is -1.01. The van der Waals surface area contributed by atoms with Gasteiger partial charge in [-0.15, -0.1) is 5.10 Å². The third kappa shape index (κ3) is 1.29. The van der Waals surface area contributed by atoms with Crippen molar-refractivity contribution >= 4 is 49.7 Å². The van der Waals surface area contributed by atoms with Crippen molar-refractivity contribution in [2.45, 2.75) is 4.34 Å². The zero-order valence-corrected chi connectivity index (χ0v) is 9.81. The Kier molecular flexibility index (Phi) is 2.17. The Morgan fingerprint density at radius 3 is 3.08 bits per heavy atom. The quantitative estimate of drug-likeness (QED) is 0.742. The second-order valence-corrected chi connectivity index (χ2v) is 5.71. The van der Waals surface area contributed by atoms with E-state index in [-0.39, 0.29) is 0 Å². The van der Waals surface area contributed by atoms with E-state index in [9.17, 15) is 4.21 Å². The molecule has 12 heavy (non-hydrogen) atoms. The van der Waals surface area contributed by atoms with Crippen LogP contribution in [0.15, 0.2) is 10.5 Å². The lowest BCUT2D eigenvalue weighted by molar-refractivity contribution is 0.684. The zero-order chi connectivity index (χ0) is 8.72. The highest BCUT2D eigenvalue weighted by Gasteiger charge is 2.09. The van der Waals surface area contributed by atoms with Crippen LogP contribution in [0.25, 0.3) is 4.96 Å². The number of halogens is 1. The lowest BCUT2D eigenvalue weighted by Crippen LogP contribution is -1.90. The van der Waals surface area contributed by atoms with E-state index in [0.29, 0.717) is 4.34 Å². The monoisotopic (exact) mass is 313 g/mol. The van der Waals surface area contributed by atoms with Crippen molar-refractivity contribution in [3.63, 3.8) is 0 Å². The number of imidazole rings is 1. The summed E-state index contributed by atoms with van der Waals surface area (Å²) in [6, 6.07) is 0. The molecule has 7 heteroatoms. The van der Waals surface area contributed by atoms with Gasteiger partial charge >= 0.3 is 0 Å². The predicted octanol–water partition coefficient (Wildman–Crippen LogP) is 1.13. The van der Waals surface area contributed by atoms with Crippen molar-refractivity contribution in [3.05, 3.63) is 9.90 Å². The highest BCUT2D eigenvalue weighted by Crippen LogP contribution is 2.18. The van der Waals surface area contributed by atoms with Gasteiger partial charge in [-0.05, 0) is 22.6 Å². The minimum atomic E-state index is -1.01. The summed E-state index contributed by atoms with van der Waals surface area (Å²) in [5.74, 6) is 0. The first kappa shape index (κ1) is 8.57. The Hall–Kier alpha value is -0.0200. The predicted molar refractivity (Wildman–Crippen MR) is 55.9 cm³/mol. The Bertz CT molecular complexity index is 448. The number of hydrogen-bond acceptors (Lipinski definition) is 4. The highest BCUT2D eigenvalue weighted by molar-refractivity contribution is 14.1. The Morgan fingerprint density at radius 1 is 1.75 bits per heavy atom. The third-order valence-corrected chi connectivity index (χ3v) is 4.25. The van der Waals surface area contributed by atoms with Crippen LogP contribution in [0.3, 0.4) is 0 Å². The van der Waals surface area contributed by atoms with E-state index in [4.69, 9.17) is 0 Å². The molecule has 2 rings (SSSR count). The van der Waals surface area contributed by atoms with Crippen LogP contribution in [0.4, 0.5) is 0 Å². The molecule has 0 fully saturated rings. The first-order valence-corrected chi connectivity index (χ1v) is 6.47. The second-order valence-electron chi connectivity index (χ2n) is 2.10. The standard InChI is InChI=1S/C5H4IN3OS2/c1-12(10)5-8-9-3(6)2-7-4(9)11-5/h2H,1H3. The van der Waals surface area contributed by atoms with Gasteiger partial charge in [-0.25, -0.2) is 4.98 Å². The Balaban J connectivity index is 2.70. The summed E-state index contributed by atoms with van der Waals surface area (Å²) >= 11 is 3.50. The van der Waals surface area contributed by atoms with Crippen LogP contribution in [-0.4, -0.2) is 25.1 Å². The van der Waals surface area contributed by atoms with Crippen molar-refractivity contribution in [2.24, 2.45) is 0 Å². The average Bonchev–Trinajstić information content (AvgIpc) is 2.53. The Morgan fingerprint density at radius 2 is 2.50 bits per heavy atom. The van der Waals surface area contributed by atoms with Crippen LogP contribution in [0.2, 0.25) is 0 Å². The smallest absolute Gasteiger partial charge is 0.213 e. The van der Waals surface area contributed by atoms with Crippen molar-refractivity contribution in [1.29, 1.82) is 0 Å². The van der Waals surface area contributed by atoms with Crippen molar-refractivity contribution in [1.82, 2.24) is 14.6 Å². The molecule has 0 aliphatic carbocycles. The fourth-order valence-corrected chi connectivity index (χ4v) is 2.90. The zero-order valence-electron chi connectivity index (χ0n) is 6.02. The van der Waals surface area contributed by atoms with Gasteiger partial charge in [0.2, 0.25) is 9.30 Å². The van der Waals surface area contributed by atoms with Crippen LogP contribution in [-0.2, 0) is 10.8 Å². The normalized spacial score (nSPS) is 13.8. The molecule has 0 spiro atoms. The molecule has 0 radical (unpaired) electrons. The van der Waals surface area contributed by atoms with E-state index in [1.54, 1.807) is 17.0 Å². The molecular formula is C5H4IN3OS2. The van der Waals surface area contributed by atoms with Gasteiger partial charge in [-0.2, -0.15) is 4.52 Å². The maximum Gasteiger partial charge on any atom is 0.213 e. The Labute approximate surface area is 88.6 Å². The molecule has 0 saturated heterocycles. The molecule has 64 valence electrons. The fourth-order valence-electron chi connectivity index (χ4n) is 0.766.